The average Bonchev–Trinajstić information content (AvgIpc) is 2.59. The lowest BCUT2D eigenvalue weighted by Gasteiger charge is -2.00. The molecule has 5 heteroatoms. The number of hydrogen-bond acceptors (Lipinski definition) is 2. The number of rotatable bonds is 2. The first-order chi connectivity index (χ1) is 7.69. The van der Waals surface area contributed by atoms with Gasteiger partial charge in [0.05, 0.1) is 11.0 Å². The third kappa shape index (κ3) is 2.13. The lowest BCUT2D eigenvalue weighted by Crippen LogP contribution is -2.28. The minimum absolute atomic E-state index is 0. The molecule has 2 rings (SSSR count). The van der Waals surface area contributed by atoms with Crippen LogP contribution in [0.5, 0.6) is 0 Å². The zero-order valence-corrected chi connectivity index (χ0v) is 9.29. The van der Waals surface area contributed by atoms with Crippen LogP contribution in [-0.2, 0) is 0 Å². The van der Waals surface area contributed by atoms with Crippen molar-refractivity contribution in [1.29, 1.82) is 0 Å². The van der Waals surface area contributed by atoms with Gasteiger partial charge in [0.1, 0.15) is 0 Å². The molecule has 2 amide bonds. The van der Waals surface area contributed by atoms with Crippen LogP contribution < -0.4 is 10.6 Å². The number of H-pyrrole nitrogens is 1. The SMILES string of the molecule is CCNC(=O)Nc1nc2ccc(C)cc2[nH]1.[HH]. The van der Waals surface area contributed by atoms with Gasteiger partial charge < -0.3 is 10.3 Å². The fourth-order valence-corrected chi connectivity index (χ4v) is 1.49. The molecule has 0 aliphatic heterocycles. The van der Waals surface area contributed by atoms with E-state index in [9.17, 15) is 4.79 Å². The zero-order chi connectivity index (χ0) is 11.5. The molecule has 0 fully saturated rings. The second-order valence-corrected chi connectivity index (χ2v) is 3.59. The molecule has 0 spiro atoms. The van der Waals surface area contributed by atoms with Gasteiger partial charge in [0.15, 0.2) is 0 Å². The molecule has 0 radical (unpaired) electrons. The molecule has 2 aromatic rings. The summed E-state index contributed by atoms with van der Waals surface area (Å²) < 4.78 is 0. The molecule has 3 N–H and O–H groups in total. The third-order valence-corrected chi connectivity index (χ3v) is 2.21. The van der Waals surface area contributed by atoms with Crippen molar-refractivity contribution in [2.75, 3.05) is 11.9 Å². The highest BCUT2D eigenvalue weighted by molar-refractivity contribution is 5.89. The first-order valence-corrected chi connectivity index (χ1v) is 5.20. The number of carbonyl (C=O) groups excluding carboxylic acids is 1. The predicted octanol–water partition coefficient (Wildman–Crippen LogP) is 2.26. The number of amides is 2. The summed E-state index contributed by atoms with van der Waals surface area (Å²) in [5, 5.41) is 5.27. The quantitative estimate of drug-likeness (QED) is 0.726. The van der Waals surface area contributed by atoms with Gasteiger partial charge in [-0.2, -0.15) is 0 Å². The van der Waals surface area contributed by atoms with E-state index in [2.05, 4.69) is 20.6 Å². The Balaban J connectivity index is 0.00000144. The van der Waals surface area contributed by atoms with Crippen LogP contribution in [0.1, 0.15) is 13.9 Å². The topological polar surface area (TPSA) is 69.8 Å². The second kappa shape index (κ2) is 4.22. The number of aryl methyl sites for hydroxylation is 1. The minimum Gasteiger partial charge on any atom is -0.338 e. The number of urea groups is 1. The summed E-state index contributed by atoms with van der Waals surface area (Å²) >= 11 is 0. The monoisotopic (exact) mass is 220 g/mol. The van der Waals surface area contributed by atoms with Crippen molar-refractivity contribution in [3.8, 4) is 0 Å². The number of imidazole rings is 1. The zero-order valence-electron chi connectivity index (χ0n) is 9.29. The molecule has 86 valence electrons. The molecule has 16 heavy (non-hydrogen) atoms. The van der Waals surface area contributed by atoms with Crippen LogP contribution in [0, 0.1) is 6.92 Å². The number of hydrogen-bond donors (Lipinski definition) is 3. The van der Waals surface area contributed by atoms with Gasteiger partial charge in [0, 0.05) is 7.97 Å². The van der Waals surface area contributed by atoms with Crippen molar-refractivity contribution < 1.29 is 6.22 Å². The van der Waals surface area contributed by atoms with Crippen LogP contribution in [0.25, 0.3) is 11.0 Å². The van der Waals surface area contributed by atoms with Gasteiger partial charge in [0.2, 0.25) is 5.95 Å². The van der Waals surface area contributed by atoms with Crippen LogP contribution >= 0.6 is 0 Å². The number of carbonyl (C=O) groups is 1. The highest BCUT2D eigenvalue weighted by Crippen LogP contribution is 2.15. The molecule has 0 saturated carbocycles. The van der Waals surface area contributed by atoms with E-state index >= 15 is 0 Å². The van der Waals surface area contributed by atoms with Crippen LogP contribution in [-0.4, -0.2) is 22.5 Å². The summed E-state index contributed by atoms with van der Waals surface area (Å²) in [6.45, 7) is 4.46. The van der Waals surface area contributed by atoms with Gasteiger partial charge in [-0.3, -0.25) is 5.32 Å². The summed E-state index contributed by atoms with van der Waals surface area (Å²) in [5.74, 6) is 0.464. The van der Waals surface area contributed by atoms with Gasteiger partial charge >= 0.3 is 6.03 Å². The summed E-state index contributed by atoms with van der Waals surface area (Å²) in [6.07, 6.45) is 0. The molecule has 0 aliphatic rings. The van der Waals surface area contributed by atoms with E-state index in [0.717, 1.165) is 16.6 Å². The first kappa shape index (κ1) is 10.5. The van der Waals surface area contributed by atoms with Crippen molar-refractivity contribution in [2.45, 2.75) is 13.8 Å². The Hall–Kier alpha value is -2.04. The molecular weight excluding hydrogens is 204 g/mol. The van der Waals surface area contributed by atoms with Gasteiger partial charge in [-0.25, -0.2) is 9.78 Å². The van der Waals surface area contributed by atoms with Crippen molar-refractivity contribution in [2.24, 2.45) is 0 Å². The molecule has 5 nitrogen and oxygen atoms in total. The fraction of sp³-hybridized carbons (Fsp3) is 0.273. The largest absolute Gasteiger partial charge is 0.338 e. The Morgan fingerprint density at radius 1 is 1.56 bits per heavy atom. The Morgan fingerprint density at radius 2 is 2.38 bits per heavy atom. The fourth-order valence-electron chi connectivity index (χ4n) is 1.49. The Morgan fingerprint density at radius 3 is 3.12 bits per heavy atom. The van der Waals surface area contributed by atoms with Crippen LogP contribution in [0.15, 0.2) is 18.2 Å². The second-order valence-electron chi connectivity index (χ2n) is 3.59. The van der Waals surface area contributed by atoms with E-state index in [1.807, 2.05) is 32.0 Å². The van der Waals surface area contributed by atoms with Crippen LogP contribution in [0.4, 0.5) is 10.7 Å². The van der Waals surface area contributed by atoms with Gasteiger partial charge in [-0.1, -0.05) is 6.07 Å². The molecule has 1 heterocycles. The van der Waals surface area contributed by atoms with E-state index < -0.39 is 0 Å². The predicted molar refractivity (Wildman–Crippen MR) is 65.6 cm³/mol. The smallest absolute Gasteiger partial charge is 0.321 e. The number of nitrogens with zero attached hydrogens (tertiary/aromatic N) is 1. The first-order valence-electron chi connectivity index (χ1n) is 5.20. The van der Waals surface area contributed by atoms with Gasteiger partial charge in [-0.05, 0) is 31.5 Å². The standard InChI is InChI=1S/C11H14N4O.H2/c1-3-12-11(16)15-10-13-8-5-4-7(2)6-9(8)14-10;/h4-6H,3H2,1-2H3,(H3,12,13,14,15,16);1H. The van der Waals surface area contributed by atoms with Crippen LogP contribution in [0.2, 0.25) is 0 Å². The molecule has 0 unspecified atom stereocenters. The van der Waals surface area contributed by atoms with E-state index in [1.165, 1.54) is 0 Å². The Kier molecular flexibility index (Phi) is 2.76. The lowest BCUT2D eigenvalue weighted by atomic mass is 10.2. The molecular formula is C11H16N4O. The number of aromatic amines is 1. The number of benzene rings is 1. The van der Waals surface area contributed by atoms with Crippen molar-refractivity contribution in [3.05, 3.63) is 23.8 Å². The maximum atomic E-state index is 11.3. The molecule has 1 aromatic heterocycles. The number of aromatic nitrogens is 2. The summed E-state index contributed by atoms with van der Waals surface area (Å²) in [5.41, 5.74) is 2.92. The maximum absolute atomic E-state index is 11.3. The Labute approximate surface area is 94.7 Å². The van der Waals surface area contributed by atoms with Crippen molar-refractivity contribution in [1.82, 2.24) is 15.3 Å². The average molecular weight is 220 g/mol. The molecule has 1 aromatic carbocycles. The van der Waals surface area contributed by atoms with E-state index in [-0.39, 0.29) is 7.46 Å². The summed E-state index contributed by atoms with van der Waals surface area (Å²) in [4.78, 5) is 18.6. The van der Waals surface area contributed by atoms with Crippen LogP contribution in [0.3, 0.4) is 0 Å². The Bertz CT molecular complexity index is 523. The summed E-state index contributed by atoms with van der Waals surface area (Å²) in [6, 6.07) is 5.65. The molecule has 0 bridgehead atoms. The van der Waals surface area contributed by atoms with Crippen molar-refractivity contribution >= 4 is 23.0 Å². The number of fused-ring (bicyclic) bond motifs is 1. The van der Waals surface area contributed by atoms with E-state index in [0.29, 0.717) is 12.5 Å². The highest BCUT2D eigenvalue weighted by Gasteiger charge is 2.05. The van der Waals surface area contributed by atoms with Crippen molar-refractivity contribution in [3.63, 3.8) is 0 Å². The molecule has 0 atom stereocenters. The van der Waals surface area contributed by atoms with Gasteiger partial charge in [-0.15, -0.1) is 0 Å². The number of nitrogens with one attached hydrogen (secondary N) is 3. The highest BCUT2D eigenvalue weighted by atomic mass is 16.2. The maximum Gasteiger partial charge on any atom is 0.321 e. The third-order valence-electron chi connectivity index (χ3n) is 2.21. The minimum atomic E-state index is -0.252. The summed E-state index contributed by atoms with van der Waals surface area (Å²) in [7, 11) is 0. The normalized spacial score (nSPS) is 10.4. The molecule has 0 saturated heterocycles. The lowest BCUT2D eigenvalue weighted by molar-refractivity contribution is 0.252. The van der Waals surface area contributed by atoms with Gasteiger partial charge in [0.25, 0.3) is 0 Å². The van der Waals surface area contributed by atoms with E-state index in [1.54, 1.807) is 0 Å². The van der Waals surface area contributed by atoms with E-state index in [4.69, 9.17) is 0 Å². The number of anilines is 1. The molecule has 0 aliphatic carbocycles.